The molecule has 29 heavy (non-hydrogen) atoms. The van der Waals surface area contributed by atoms with Crippen LogP contribution in [0.15, 0.2) is 58.3 Å². The highest BCUT2D eigenvalue weighted by Crippen LogP contribution is 2.19. The van der Waals surface area contributed by atoms with Gasteiger partial charge in [0.1, 0.15) is 11.5 Å². The van der Waals surface area contributed by atoms with Crippen LogP contribution in [0.4, 0.5) is 5.69 Å². The number of Topliss-reactive ketones (excluding diaryl/α,β-unsaturated/α-hetero) is 1. The molecule has 0 amide bonds. The van der Waals surface area contributed by atoms with Crippen LogP contribution in [0.2, 0.25) is 0 Å². The minimum Gasteiger partial charge on any atom is -0.855 e. The smallest absolute Gasteiger partial charge is 0.406 e. The molecule has 9 nitrogen and oxygen atoms in total. The van der Waals surface area contributed by atoms with Gasteiger partial charge in [0, 0.05) is 18.0 Å². The van der Waals surface area contributed by atoms with E-state index in [0.29, 0.717) is 22.9 Å². The summed E-state index contributed by atoms with van der Waals surface area (Å²) in [7, 11) is 3.01. The highest BCUT2D eigenvalue weighted by Gasteiger charge is 2.24. The number of rotatable bonds is 7. The van der Waals surface area contributed by atoms with Crippen molar-refractivity contribution >= 4 is 17.4 Å². The van der Waals surface area contributed by atoms with E-state index in [1.54, 1.807) is 48.5 Å². The third-order valence-corrected chi connectivity index (χ3v) is 4.08. The highest BCUT2D eigenvalue weighted by atomic mass is 16.5. The second kappa shape index (κ2) is 8.42. The van der Waals surface area contributed by atoms with Crippen LogP contribution in [-0.2, 0) is 11.3 Å². The average Bonchev–Trinajstić information content (AvgIpc) is 3.03. The standard InChI is InChI=1S/C20H20N4O5/c1-13(25)12-23-18(19(26)21-14-6-4-8-16(10-14)28-2)20(27)24(22-23)15-7-5-9-17(11-15)29-3/h4-11H,12H2,1-3H3,(H-,21,22,26,27). The summed E-state index contributed by atoms with van der Waals surface area (Å²) >= 11 is 0. The van der Waals surface area contributed by atoms with Crippen molar-refractivity contribution in [2.45, 2.75) is 13.5 Å². The summed E-state index contributed by atoms with van der Waals surface area (Å²) in [5.74, 6) is 0.0569. The third-order valence-electron chi connectivity index (χ3n) is 4.08. The number of H-pyrrole nitrogens is 1. The van der Waals surface area contributed by atoms with Gasteiger partial charge in [0.2, 0.25) is 5.69 Å². The van der Waals surface area contributed by atoms with Crippen molar-refractivity contribution in [3.63, 3.8) is 0 Å². The zero-order chi connectivity index (χ0) is 21.0. The first-order valence-corrected chi connectivity index (χ1v) is 8.71. The van der Waals surface area contributed by atoms with E-state index in [0.717, 1.165) is 0 Å². The van der Waals surface area contributed by atoms with Gasteiger partial charge in [-0.1, -0.05) is 22.0 Å². The largest absolute Gasteiger partial charge is 0.855 e. The molecule has 150 valence electrons. The maximum atomic E-state index is 13.0. The maximum Gasteiger partial charge on any atom is 0.406 e. The van der Waals surface area contributed by atoms with Crippen LogP contribution in [0.1, 0.15) is 12.6 Å². The topological polar surface area (TPSA) is 113 Å². The van der Waals surface area contributed by atoms with Gasteiger partial charge in [-0.25, -0.2) is 4.79 Å². The summed E-state index contributed by atoms with van der Waals surface area (Å²) in [6.07, 6.45) is 0. The Hall–Kier alpha value is -3.88. The van der Waals surface area contributed by atoms with Gasteiger partial charge in [-0.05, 0) is 31.2 Å². The molecule has 0 atom stereocenters. The molecule has 0 unspecified atom stereocenters. The first-order valence-electron chi connectivity index (χ1n) is 8.71. The number of nitrogens with one attached hydrogen (secondary N) is 1. The number of hydrogen-bond donors (Lipinski definition) is 1. The molecule has 0 radical (unpaired) electrons. The second-order valence-electron chi connectivity index (χ2n) is 6.20. The fourth-order valence-corrected chi connectivity index (χ4v) is 2.76. The van der Waals surface area contributed by atoms with Gasteiger partial charge < -0.3 is 14.6 Å². The Morgan fingerprint density at radius 1 is 1.14 bits per heavy atom. The van der Waals surface area contributed by atoms with E-state index in [1.807, 2.05) is 0 Å². The SMILES string of the molecule is COc1cccc(N=C([O-])c2c(=O)n(-c3cccc(OC)c3)[nH][n+]2CC(C)=O)c1. The van der Waals surface area contributed by atoms with Gasteiger partial charge in [0.15, 0.2) is 18.0 Å². The number of aliphatic imine (C=N–C) groups is 1. The Bertz CT molecular complexity index is 1130. The second-order valence-corrected chi connectivity index (χ2v) is 6.20. The van der Waals surface area contributed by atoms with Gasteiger partial charge in [0.25, 0.3) is 0 Å². The first kappa shape index (κ1) is 19.9. The number of carbonyl (C=O) groups is 1. The van der Waals surface area contributed by atoms with E-state index in [9.17, 15) is 14.7 Å². The van der Waals surface area contributed by atoms with Crippen molar-refractivity contribution in [3.05, 3.63) is 64.6 Å². The van der Waals surface area contributed by atoms with Crippen LogP contribution in [0.25, 0.3) is 5.69 Å². The number of nitrogens with zero attached hydrogens (tertiary/aromatic N) is 3. The van der Waals surface area contributed by atoms with E-state index in [2.05, 4.69) is 10.2 Å². The summed E-state index contributed by atoms with van der Waals surface area (Å²) in [5, 5.41) is 15.6. The van der Waals surface area contributed by atoms with Crippen molar-refractivity contribution < 1.29 is 24.1 Å². The summed E-state index contributed by atoms with van der Waals surface area (Å²) in [4.78, 5) is 28.6. The van der Waals surface area contributed by atoms with Gasteiger partial charge >= 0.3 is 5.56 Å². The van der Waals surface area contributed by atoms with Crippen molar-refractivity contribution in [3.8, 4) is 17.2 Å². The number of aromatic amines is 1. The predicted molar refractivity (Wildman–Crippen MR) is 103 cm³/mol. The molecule has 2 aromatic carbocycles. The number of benzene rings is 2. The van der Waals surface area contributed by atoms with Gasteiger partial charge in [-0.15, -0.1) is 4.68 Å². The van der Waals surface area contributed by atoms with E-state index in [-0.39, 0.29) is 18.0 Å². The van der Waals surface area contributed by atoms with Gasteiger partial charge in [0.05, 0.1) is 19.9 Å². The number of aromatic nitrogens is 3. The Morgan fingerprint density at radius 3 is 2.45 bits per heavy atom. The lowest BCUT2D eigenvalue weighted by atomic mass is 10.3. The van der Waals surface area contributed by atoms with E-state index in [1.165, 1.54) is 30.5 Å². The Morgan fingerprint density at radius 2 is 1.79 bits per heavy atom. The van der Waals surface area contributed by atoms with Crippen molar-refractivity contribution in [2.24, 2.45) is 4.99 Å². The first-order chi connectivity index (χ1) is 13.9. The molecule has 3 rings (SSSR count). The molecule has 0 fully saturated rings. The summed E-state index contributed by atoms with van der Waals surface area (Å²) < 4.78 is 12.7. The molecule has 0 aliphatic heterocycles. The van der Waals surface area contributed by atoms with Crippen molar-refractivity contribution in [2.75, 3.05) is 14.2 Å². The van der Waals surface area contributed by atoms with Crippen LogP contribution in [-0.4, -0.2) is 35.8 Å². The van der Waals surface area contributed by atoms with Crippen LogP contribution in [0.3, 0.4) is 0 Å². The summed E-state index contributed by atoms with van der Waals surface area (Å²) in [5.41, 5.74) is -0.105. The Labute approximate surface area is 166 Å². The monoisotopic (exact) mass is 396 g/mol. The molecule has 1 aromatic heterocycles. The minimum absolute atomic E-state index is 0.180. The number of ketones is 1. The van der Waals surface area contributed by atoms with Gasteiger partial charge in [-0.2, -0.15) is 0 Å². The van der Waals surface area contributed by atoms with Crippen LogP contribution in [0, 0.1) is 0 Å². The maximum absolute atomic E-state index is 13.0. The van der Waals surface area contributed by atoms with Crippen LogP contribution >= 0.6 is 0 Å². The van der Waals surface area contributed by atoms with Gasteiger partial charge in [-0.3, -0.25) is 9.79 Å². The number of methoxy groups -OCH3 is 2. The fraction of sp³-hybridized carbons (Fsp3) is 0.200. The highest BCUT2D eigenvalue weighted by molar-refractivity contribution is 5.89. The zero-order valence-corrected chi connectivity index (χ0v) is 16.2. The lowest BCUT2D eigenvalue weighted by molar-refractivity contribution is -0.745. The van der Waals surface area contributed by atoms with E-state index >= 15 is 0 Å². The van der Waals surface area contributed by atoms with Crippen LogP contribution < -0.4 is 24.8 Å². The van der Waals surface area contributed by atoms with E-state index < -0.39 is 11.5 Å². The molecule has 0 bridgehead atoms. The Balaban J connectivity index is 2.13. The molecule has 0 saturated heterocycles. The molecule has 0 saturated carbocycles. The molecule has 0 aliphatic carbocycles. The zero-order valence-electron chi connectivity index (χ0n) is 16.2. The minimum atomic E-state index is -0.776. The molecule has 0 spiro atoms. The lowest BCUT2D eigenvalue weighted by Gasteiger charge is -2.07. The fourth-order valence-electron chi connectivity index (χ4n) is 2.76. The number of ether oxygens (including phenoxy) is 2. The summed E-state index contributed by atoms with van der Waals surface area (Å²) in [6.45, 7) is 1.18. The number of hydrogen-bond acceptors (Lipinski definition) is 6. The average molecular weight is 396 g/mol. The molecular formula is C20H20N4O5. The molecular weight excluding hydrogens is 376 g/mol. The normalized spacial score (nSPS) is 11.3. The number of carbonyl (C=O) groups excluding carboxylic acids is 1. The van der Waals surface area contributed by atoms with Crippen molar-refractivity contribution in [1.82, 2.24) is 9.90 Å². The quantitative estimate of drug-likeness (QED) is 0.355. The molecule has 1 heterocycles. The molecule has 3 aromatic rings. The van der Waals surface area contributed by atoms with Crippen molar-refractivity contribution in [1.29, 1.82) is 0 Å². The molecule has 9 heteroatoms. The predicted octanol–water partition coefficient (Wildman–Crippen LogP) is 0.498. The van der Waals surface area contributed by atoms with E-state index in [4.69, 9.17) is 9.47 Å². The molecule has 0 aliphatic rings. The third kappa shape index (κ3) is 4.34. The van der Waals surface area contributed by atoms with Crippen LogP contribution in [0.5, 0.6) is 11.5 Å². The lowest BCUT2D eigenvalue weighted by Crippen LogP contribution is -2.48. The Kier molecular flexibility index (Phi) is 5.77. The summed E-state index contributed by atoms with van der Waals surface area (Å²) in [6, 6.07) is 13.3. The molecule has 1 N–H and O–H groups in total.